The maximum atomic E-state index is 12.5. The first-order valence-corrected chi connectivity index (χ1v) is 3.92. The van der Waals surface area contributed by atoms with Crippen LogP contribution in [0, 0.1) is 0 Å². The number of aromatic nitrogens is 1. The van der Waals surface area contributed by atoms with Crippen molar-refractivity contribution in [2.24, 2.45) is 0 Å². The van der Waals surface area contributed by atoms with Crippen molar-refractivity contribution >= 4 is 11.5 Å². The molecule has 0 amide bonds. The fourth-order valence-electron chi connectivity index (χ4n) is 1.34. The molecule has 1 aromatic heterocycles. The van der Waals surface area contributed by atoms with Gasteiger partial charge >= 0.3 is 0 Å². The van der Waals surface area contributed by atoms with E-state index in [9.17, 15) is 8.78 Å². The lowest BCUT2D eigenvalue weighted by Crippen LogP contribution is -2.56. The van der Waals surface area contributed by atoms with Crippen molar-refractivity contribution in [1.82, 2.24) is 4.98 Å². The number of hydrogen-bond donors (Lipinski definition) is 1. The van der Waals surface area contributed by atoms with Gasteiger partial charge in [-0.3, -0.25) is 0 Å². The van der Waals surface area contributed by atoms with Crippen molar-refractivity contribution in [2.75, 3.05) is 23.7 Å². The molecule has 0 spiro atoms. The lowest BCUT2D eigenvalue weighted by atomic mass is 10.1. The Labute approximate surface area is 74.2 Å². The third kappa shape index (κ3) is 1.41. The average Bonchev–Trinajstić information content (AvgIpc) is 2.01. The number of nitrogens with zero attached hydrogens (tertiary/aromatic N) is 2. The van der Waals surface area contributed by atoms with Gasteiger partial charge in [-0.15, -0.1) is 0 Å². The second kappa shape index (κ2) is 2.55. The summed E-state index contributed by atoms with van der Waals surface area (Å²) in [5.41, 5.74) is 6.01. The number of halogens is 2. The van der Waals surface area contributed by atoms with Gasteiger partial charge in [-0.2, -0.15) is 0 Å². The van der Waals surface area contributed by atoms with Crippen LogP contribution in [-0.2, 0) is 0 Å². The van der Waals surface area contributed by atoms with Gasteiger partial charge in [0.1, 0.15) is 0 Å². The third-order valence-electron chi connectivity index (χ3n) is 1.96. The van der Waals surface area contributed by atoms with Gasteiger partial charge in [0.15, 0.2) is 5.82 Å². The van der Waals surface area contributed by atoms with Crippen LogP contribution in [0.5, 0.6) is 0 Å². The van der Waals surface area contributed by atoms with Gasteiger partial charge in [-0.05, 0) is 12.1 Å². The molecule has 1 aliphatic rings. The largest absolute Gasteiger partial charge is 0.396 e. The van der Waals surface area contributed by atoms with Gasteiger partial charge in [-0.1, -0.05) is 0 Å². The van der Waals surface area contributed by atoms with Crippen molar-refractivity contribution in [3.8, 4) is 0 Å². The third-order valence-corrected chi connectivity index (χ3v) is 1.96. The molecule has 0 saturated carbocycles. The molecule has 13 heavy (non-hydrogen) atoms. The van der Waals surface area contributed by atoms with E-state index in [4.69, 9.17) is 5.73 Å². The Morgan fingerprint density at radius 2 is 2.15 bits per heavy atom. The first-order chi connectivity index (χ1) is 6.08. The van der Waals surface area contributed by atoms with Crippen molar-refractivity contribution < 1.29 is 8.78 Å². The van der Waals surface area contributed by atoms with E-state index in [-0.39, 0.29) is 13.1 Å². The zero-order valence-electron chi connectivity index (χ0n) is 6.87. The molecule has 1 aromatic rings. The maximum absolute atomic E-state index is 12.5. The summed E-state index contributed by atoms with van der Waals surface area (Å²) in [7, 11) is 0. The van der Waals surface area contributed by atoms with Crippen molar-refractivity contribution in [1.29, 1.82) is 0 Å². The van der Waals surface area contributed by atoms with E-state index in [2.05, 4.69) is 4.98 Å². The number of nitrogens with two attached hydrogens (primary N) is 1. The predicted molar refractivity (Wildman–Crippen MR) is 45.8 cm³/mol. The highest BCUT2D eigenvalue weighted by Gasteiger charge is 2.44. The van der Waals surface area contributed by atoms with Gasteiger partial charge in [0, 0.05) is 6.20 Å². The van der Waals surface area contributed by atoms with Crippen LogP contribution in [-0.4, -0.2) is 24.0 Å². The molecule has 2 heterocycles. The SMILES string of the molecule is Nc1cccnc1N1CC(F)(F)C1. The Bertz CT molecular complexity index is 319. The monoisotopic (exact) mass is 185 g/mol. The molecule has 1 fully saturated rings. The fourth-order valence-corrected chi connectivity index (χ4v) is 1.34. The van der Waals surface area contributed by atoms with E-state index in [1.807, 2.05) is 0 Å². The summed E-state index contributed by atoms with van der Waals surface area (Å²) in [4.78, 5) is 5.40. The Morgan fingerprint density at radius 1 is 1.46 bits per heavy atom. The van der Waals surface area contributed by atoms with Crippen LogP contribution in [0.2, 0.25) is 0 Å². The first kappa shape index (κ1) is 8.22. The highest BCUT2D eigenvalue weighted by molar-refractivity contribution is 5.63. The van der Waals surface area contributed by atoms with E-state index >= 15 is 0 Å². The van der Waals surface area contributed by atoms with Crippen LogP contribution in [0.1, 0.15) is 0 Å². The van der Waals surface area contributed by atoms with Crippen LogP contribution in [0.3, 0.4) is 0 Å². The highest BCUT2D eigenvalue weighted by atomic mass is 19.3. The maximum Gasteiger partial charge on any atom is 0.282 e. The molecule has 3 nitrogen and oxygen atoms in total. The Hall–Kier alpha value is -1.39. The number of nitrogen functional groups attached to an aromatic ring is 1. The molecule has 0 unspecified atom stereocenters. The van der Waals surface area contributed by atoms with E-state index in [1.165, 1.54) is 4.90 Å². The zero-order chi connectivity index (χ0) is 9.47. The smallest absolute Gasteiger partial charge is 0.282 e. The average molecular weight is 185 g/mol. The lowest BCUT2D eigenvalue weighted by Gasteiger charge is -2.39. The molecule has 70 valence electrons. The second-order valence-corrected chi connectivity index (χ2v) is 3.13. The number of alkyl halides is 2. The quantitative estimate of drug-likeness (QED) is 0.712. The van der Waals surface area contributed by atoms with Crippen LogP contribution in [0.25, 0.3) is 0 Å². The van der Waals surface area contributed by atoms with Crippen LogP contribution < -0.4 is 10.6 Å². The molecular weight excluding hydrogens is 176 g/mol. The standard InChI is InChI=1S/C8H9F2N3/c9-8(10)4-13(5-8)7-6(11)2-1-3-12-7/h1-3H,4-5,11H2. The minimum absolute atomic E-state index is 0.284. The topological polar surface area (TPSA) is 42.1 Å². The van der Waals surface area contributed by atoms with Crippen LogP contribution in [0.4, 0.5) is 20.3 Å². The molecule has 0 radical (unpaired) electrons. The summed E-state index contributed by atoms with van der Waals surface area (Å²) in [5.74, 6) is -2.13. The highest BCUT2D eigenvalue weighted by Crippen LogP contribution is 2.32. The molecule has 1 saturated heterocycles. The predicted octanol–water partition coefficient (Wildman–Crippen LogP) is 1.12. The second-order valence-electron chi connectivity index (χ2n) is 3.13. The molecule has 0 aliphatic carbocycles. The minimum atomic E-state index is -2.58. The molecule has 0 aromatic carbocycles. The van der Waals surface area contributed by atoms with E-state index in [0.717, 1.165) is 0 Å². The summed E-state index contributed by atoms with van der Waals surface area (Å²) < 4.78 is 25.0. The molecule has 5 heteroatoms. The Kier molecular flexibility index (Phi) is 1.61. The number of hydrogen-bond acceptors (Lipinski definition) is 3. The summed E-state index contributed by atoms with van der Waals surface area (Å²) in [6.07, 6.45) is 1.54. The van der Waals surface area contributed by atoms with Gasteiger partial charge in [0.2, 0.25) is 0 Å². The molecule has 1 aliphatic heterocycles. The van der Waals surface area contributed by atoms with Crippen LogP contribution >= 0.6 is 0 Å². The normalized spacial score (nSPS) is 19.7. The van der Waals surface area contributed by atoms with Gasteiger partial charge in [-0.25, -0.2) is 13.8 Å². The summed E-state index contributed by atoms with van der Waals surface area (Å²) in [6, 6.07) is 3.33. The zero-order valence-corrected chi connectivity index (χ0v) is 6.87. The number of pyridine rings is 1. The molecule has 0 bridgehead atoms. The fraction of sp³-hybridized carbons (Fsp3) is 0.375. The lowest BCUT2D eigenvalue weighted by molar-refractivity contribution is -0.0266. The van der Waals surface area contributed by atoms with E-state index in [1.54, 1.807) is 18.3 Å². The van der Waals surface area contributed by atoms with Gasteiger partial charge in [0.25, 0.3) is 5.92 Å². The first-order valence-electron chi connectivity index (χ1n) is 3.92. The molecule has 2 rings (SSSR count). The molecule has 0 atom stereocenters. The number of anilines is 2. The Balaban J connectivity index is 2.16. The van der Waals surface area contributed by atoms with Gasteiger partial charge in [0.05, 0.1) is 18.8 Å². The number of rotatable bonds is 1. The van der Waals surface area contributed by atoms with Crippen molar-refractivity contribution in [2.45, 2.75) is 5.92 Å². The van der Waals surface area contributed by atoms with E-state index < -0.39 is 5.92 Å². The molecule has 2 N–H and O–H groups in total. The Morgan fingerprint density at radius 3 is 2.69 bits per heavy atom. The minimum Gasteiger partial charge on any atom is -0.396 e. The van der Waals surface area contributed by atoms with Gasteiger partial charge < -0.3 is 10.6 Å². The summed E-state index contributed by atoms with van der Waals surface area (Å²) in [6.45, 7) is -0.567. The summed E-state index contributed by atoms with van der Waals surface area (Å²) in [5, 5.41) is 0. The molecular formula is C8H9F2N3. The van der Waals surface area contributed by atoms with E-state index in [0.29, 0.717) is 11.5 Å². The van der Waals surface area contributed by atoms with Crippen molar-refractivity contribution in [3.05, 3.63) is 18.3 Å². The van der Waals surface area contributed by atoms with Crippen LogP contribution in [0.15, 0.2) is 18.3 Å². The summed E-state index contributed by atoms with van der Waals surface area (Å²) >= 11 is 0. The van der Waals surface area contributed by atoms with Crippen molar-refractivity contribution in [3.63, 3.8) is 0 Å².